The van der Waals surface area contributed by atoms with Gasteiger partial charge in [-0.1, -0.05) is 24.3 Å². The molecule has 0 amide bonds. The number of nitrogens with zero attached hydrogens (tertiary/aromatic N) is 2. The van der Waals surface area contributed by atoms with Crippen LogP contribution in [0.4, 0.5) is 0 Å². The first kappa shape index (κ1) is 11.6. The number of ketones is 1. The van der Waals surface area contributed by atoms with Gasteiger partial charge in [0.15, 0.2) is 5.78 Å². The molecule has 0 atom stereocenters. The topological polar surface area (TPSA) is 34.9 Å². The van der Waals surface area contributed by atoms with Gasteiger partial charge < -0.3 is 0 Å². The molecule has 1 aromatic carbocycles. The molecule has 88 valence electrons. The number of allylic oxidation sites excluding steroid dienone is 2. The standard InChI is InChI=1S/C14H16N2O/c1-3-7-11(17)10-13-12-8-5-6-9-14(12)16(4-2)15-13/h3,5-9H,4,10H2,1-2H3/b7-3+. The monoisotopic (exact) mass is 228 g/mol. The van der Waals surface area contributed by atoms with Gasteiger partial charge >= 0.3 is 0 Å². The molecular weight excluding hydrogens is 212 g/mol. The molecule has 2 aromatic rings. The van der Waals surface area contributed by atoms with E-state index in [0.717, 1.165) is 23.1 Å². The minimum atomic E-state index is 0.0963. The van der Waals surface area contributed by atoms with E-state index < -0.39 is 0 Å². The summed E-state index contributed by atoms with van der Waals surface area (Å²) in [6, 6.07) is 8.03. The molecule has 3 nitrogen and oxygen atoms in total. The van der Waals surface area contributed by atoms with Gasteiger partial charge in [-0.05, 0) is 26.0 Å². The normalized spacial score (nSPS) is 11.4. The molecule has 0 aliphatic carbocycles. The summed E-state index contributed by atoms with van der Waals surface area (Å²) in [5.41, 5.74) is 1.96. The van der Waals surface area contributed by atoms with Gasteiger partial charge in [-0.3, -0.25) is 9.48 Å². The summed E-state index contributed by atoms with van der Waals surface area (Å²) >= 11 is 0. The lowest BCUT2D eigenvalue weighted by Crippen LogP contribution is -2.01. The number of benzene rings is 1. The number of fused-ring (bicyclic) bond motifs is 1. The highest BCUT2D eigenvalue weighted by molar-refractivity contribution is 5.94. The molecule has 1 aromatic heterocycles. The van der Waals surface area contributed by atoms with Gasteiger partial charge in [-0.25, -0.2) is 0 Å². The smallest absolute Gasteiger partial charge is 0.161 e. The summed E-state index contributed by atoms with van der Waals surface area (Å²) < 4.78 is 1.94. The van der Waals surface area contributed by atoms with Crippen LogP contribution in [-0.4, -0.2) is 15.6 Å². The van der Waals surface area contributed by atoms with Crippen molar-refractivity contribution in [3.63, 3.8) is 0 Å². The third kappa shape index (κ3) is 2.28. The van der Waals surface area contributed by atoms with Gasteiger partial charge in [0.1, 0.15) is 0 Å². The maximum atomic E-state index is 11.6. The van der Waals surface area contributed by atoms with Crippen molar-refractivity contribution in [1.82, 2.24) is 9.78 Å². The van der Waals surface area contributed by atoms with Gasteiger partial charge in [0.25, 0.3) is 0 Å². The number of hydrogen-bond acceptors (Lipinski definition) is 2. The van der Waals surface area contributed by atoms with Gasteiger partial charge in [0.2, 0.25) is 0 Å². The molecule has 0 fully saturated rings. The Morgan fingerprint density at radius 2 is 2.18 bits per heavy atom. The van der Waals surface area contributed by atoms with Crippen molar-refractivity contribution in [3.05, 3.63) is 42.1 Å². The molecule has 0 aliphatic rings. The first-order valence-corrected chi connectivity index (χ1v) is 5.86. The van der Waals surface area contributed by atoms with Gasteiger partial charge in [-0.2, -0.15) is 5.10 Å². The zero-order valence-electron chi connectivity index (χ0n) is 10.2. The molecule has 0 bridgehead atoms. The van der Waals surface area contributed by atoms with E-state index >= 15 is 0 Å². The zero-order valence-corrected chi connectivity index (χ0v) is 10.2. The minimum Gasteiger partial charge on any atom is -0.294 e. The molecule has 0 aliphatic heterocycles. The summed E-state index contributed by atoms with van der Waals surface area (Å²) in [5, 5.41) is 5.57. The van der Waals surface area contributed by atoms with E-state index in [4.69, 9.17) is 0 Å². The van der Waals surface area contributed by atoms with Crippen LogP contribution in [-0.2, 0) is 17.8 Å². The van der Waals surface area contributed by atoms with Crippen molar-refractivity contribution in [3.8, 4) is 0 Å². The lowest BCUT2D eigenvalue weighted by atomic mass is 10.1. The van der Waals surface area contributed by atoms with Gasteiger partial charge in [0, 0.05) is 11.9 Å². The molecular formula is C14H16N2O. The van der Waals surface area contributed by atoms with Crippen molar-refractivity contribution in [2.24, 2.45) is 0 Å². The average molecular weight is 228 g/mol. The van der Waals surface area contributed by atoms with Crippen molar-refractivity contribution in [2.75, 3.05) is 0 Å². The second-order valence-electron chi connectivity index (χ2n) is 3.92. The van der Waals surface area contributed by atoms with Crippen LogP contribution < -0.4 is 0 Å². The minimum absolute atomic E-state index is 0.0963. The maximum Gasteiger partial charge on any atom is 0.161 e. The number of hydrogen-bond donors (Lipinski definition) is 0. The van der Waals surface area contributed by atoms with Crippen LogP contribution >= 0.6 is 0 Å². The van der Waals surface area contributed by atoms with Crippen LogP contribution in [0.1, 0.15) is 19.5 Å². The lowest BCUT2D eigenvalue weighted by Gasteiger charge is -1.95. The van der Waals surface area contributed by atoms with E-state index in [9.17, 15) is 4.79 Å². The quantitative estimate of drug-likeness (QED) is 0.754. The molecule has 1 heterocycles. The second kappa shape index (κ2) is 4.95. The number of aromatic nitrogens is 2. The first-order valence-electron chi connectivity index (χ1n) is 5.86. The SMILES string of the molecule is C/C=C/C(=O)Cc1nn(CC)c2ccccc12. The van der Waals surface area contributed by atoms with Crippen LogP contribution in [0.15, 0.2) is 36.4 Å². The maximum absolute atomic E-state index is 11.6. The molecule has 3 heteroatoms. The molecule has 0 saturated heterocycles. The van der Waals surface area contributed by atoms with Crippen LogP contribution in [0.3, 0.4) is 0 Å². The number of rotatable bonds is 4. The fraction of sp³-hybridized carbons (Fsp3) is 0.286. The summed E-state index contributed by atoms with van der Waals surface area (Å²) in [5.74, 6) is 0.0963. The van der Waals surface area contributed by atoms with Crippen molar-refractivity contribution in [2.45, 2.75) is 26.8 Å². The molecule has 2 rings (SSSR count). The van der Waals surface area contributed by atoms with Gasteiger partial charge in [0.05, 0.1) is 17.6 Å². The number of carbonyl (C=O) groups is 1. The second-order valence-corrected chi connectivity index (χ2v) is 3.92. The van der Waals surface area contributed by atoms with Crippen LogP contribution in [0.2, 0.25) is 0 Å². The third-order valence-corrected chi connectivity index (χ3v) is 2.73. The Bertz CT molecular complexity index is 567. The van der Waals surface area contributed by atoms with E-state index in [1.165, 1.54) is 0 Å². The Kier molecular flexibility index (Phi) is 3.38. The Hall–Kier alpha value is -1.90. The Morgan fingerprint density at radius 1 is 1.41 bits per heavy atom. The van der Waals surface area contributed by atoms with E-state index in [1.54, 1.807) is 12.2 Å². The van der Waals surface area contributed by atoms with Crippen molar-refractivity contribution >= 4 is 16.7 Å². The summed E-state index contributed by atoms with van der Waals surface area (Å²) in [7, 11) is 0. The molecule has 17 heavy (non-hydrogen) atoms. The predicted octanol–water partition coefficient (Wildman–Crippen LogP) is 2.74. The summed E-state index contributed by atoms with van der Waals surface area (Å²) in [6.45, 7) is 4.72. The van der Waals surface area contributed by atoms with E-state index in [2.05, 4.69) is 12.0 Å². The van der Waals surface area contributed by atoms with Crippen molar-refractivity contribution < 1.29 is 4.79 Å². The zero-order chi connectivity index (χ0) is 12.3. The molecule has 0 spiro atoms. The molecule has 0 unspecified atom stereocenters. The predicted molar refractivity (Wildman–Crippen MR) is 68.9 cm³/mol. The highest BCUT2D eigenvalue weighted by Gasteiger charge is 2.10. The molecule has 0 saturated carbocycles. The Morgan fingerprint density at radius 3 is 2.88 bits per heavy atom. The summed E-state index contributed by atoms with van der Waals surface area (Å²) in [6.07, 6.45) is 3.74. The molecule has 0 N–H and O–H groups in total. The molecule has 0 radical (unpaired) electrons. The van der Waals surface area contributed by atoms with Crippen LogP contribution in [0.5, 0.6) is 0 Å². The Labute approximate surface area is 101 Å². The average Bonchev–Trinajstić information content (AvgIpc) is 2.68. The Balaban J connectivity index is 2.44. The van der Waals surface area contributed by atoms with E-state index in [0.29, 0.717) is 6.42 Å². The third-order valence-electron chi connectivity index (χ3n) is 2.73. The van der Waals surface area contributed by atoms with Gasteiger partial charge in [-0.15, -0.1) is 0 Å². The fourth-order valence-electron chi connectivity index (χ4n) is 1.98. The fourth-order valence-corrected chi connectivity index (χ4v) is 1.98. The largest absolute Gasteiger partial charge is 0.294 e. The van der Waals surface area contributed by atoms with E-state index in [1.807, 2.05) is 35.9 Å². The van der Waals surface area contributed by atoms with Crippen molar-refractivity contribution in [1.29, 1.82) is 0 Å². The highest BCUT2D eigenvalue weighted by Crippen LogP contribution is 2.18. The number of para-hydroxylation sites is 1. The number of carbonyl (C=O) groups excluding carboxylic acids is 1. The lowest BCUT2D eigenvalue weighted by molar-refractivity contribution is -0.114. The summed E-state index contributed by atoms with van der Waals surface area (Å²) in [4.78, 5) is 11.6. The highest BCUT2D eigenvalue weighted by atomic mass is 16.1. The number of aryl methyl sites for hydroxylation is 1. The first-order chi connectivity index (χ1) is 8.26. The van der Waals surface area contributed by atoms with Crippen LogP contribution in [0.25, 0.3) is 10.9 Å². The van der Waals surface area contributed by atoms with E-state index in [-0.39, 0.29) is 5.78 Å². The van der Waals surface area contributed by atoms with Crippen LogP contribution in [0, 0.1) is 0 Å².